The number of para-hydroxylation sites is 1. The SMILES string of the molecule is COc1ccc(Oc2c(C)cc([N+](=O)[O-])cc2C)cc1Oc1ccccc1. The number of non-ortho nitro benzene ring substituents is 1. The molecule has 0 aromatic heterocycles. The first-order valence-electron chi connectivity index (χ1n) is 8.32. The lowest BCUT2D eigenvalue weighted by molar-refractivity contribution is -0.385. The number of hydrogen-bond acceptors (Lipinski definition) is 5. The Bertz CT molecular complexity index is 947. The molecule has 6 nitrogen and oxygen atoms in total. The Hall–Kier alpha value is -3.54. The number of ether oxygens (including phenoxy) is 3. The summed E-state index contributed by atoms with van der Waals surface area (Å²) in [5, 5.41) is 11.0. The summed E-state index contributed by atoms with van der Waals surface area (Å²) in [5.41, 5.74) is 1.41. The van der Waals surface area contributed by atoms with Crippen LogP contribution in [0.4, 0.5) is 5.69 Å². The lowest BCUT2D eigenvalue weighted by Crippen LogP contribution is -1.96. The minimum Gasteiger partial charge on any atom is -0.493 e. The van der Waals surface area contributed by atoms with Gasteiger partial charge in [0.1, 0.15) is 17.2 Å². The van der Waals surface area contributed by atoms with Crippen molar-refractivity contribution in [3.05, 3.63) is 81.9 Å². The van der Waals surface area contributed by atoms with Crippen molar-refractivity contribution in [2.24, 2.45) is 0 Å². The molecule has 0 aliphatic heterocycles. The summed E-state index contributed by atoms with van der Waals surface area (Å²) in [7, 11) is 1.57. The average molecular weight is 365 g/mol. The van der Waals surface area contributed by atoms with Gasteiger partial charge in [0.15, 0.2) is 11.5 Å². The monoisotopic (exact) mass is 365 g/mol. The van der Waals surface area contributed by atoms with E-state index >= 15 is 0 Å². The molecule has 0 N–H and O–H groups in total. The zero-order chi connectivity index (χ0) is 19.4. The van der Waals surface area contributed by atoms with E-state index in [1.807, 2.05) is 30.3 Å². The molecule has 0 radical (unpaired) electrons. The second-order valence-corrected chi connectivity index (χ2v) is 6.00. The number of benzene rings is 3. The molecule has 138 valence electrons. The summed E-state index contributed by atoms with van der Waals surface area (Å²) in [4.78, 5) is 10.6. The van der Waals surface area contributed by atoms with Crippen LogP contribution in [-0.4, -0.2) is 12.0 Å². The van der Waals surface area contributed by atoms with Crippen LogP contribution in [0.5, 0.6) is 28.7 Å². The van der Waals surface area contributed by atoms with Crippen LogP contribution in [0.15, 0.2) is 60.7 Å². The van der Waals surface area contributed by atoms with E-state index < -0.39 is 4.92 Å². The molecule has 0 heterocycles. The van der Waals surface area contributed by atoms with Crippen LogP contribution in [0.3, 0.4) is 0 Å². The van der Waals surface area contributed by atoms with E-state index in [1.165, 1.54) is 12.1 Å². The van der Waals surface area contributed by atoms with E-state index in [0.29, 0.717) is 39.9 Å². The summed E-state index contributed by atoms with van der Waals surface area (Å²) in [6, 6.07) is 17.6. The Morgan fingerprint density at radius 1 is 0.815 bits per heavy atom. The van der Waals surface area contributed by atoms with Gasteiger partial charge in [-0.15, -0.1) is 0 Å². The fourth-order valence-electron chi connectivity index (χ4n) is 2.73. The van der Waals surface area contributed by atoms with E-state index in [1.54, 1.807) is 39.2 Å². The van der Waals surface area contributed by atoms with Crippen LogP contribution in [0, 0.1) is 24.0 Å². The van der Waals surface area contributed by atoms with Crippen molar-refractivity contribution in [2.45, 2.75) is 13.8 Å². The molecule has 0 bridgehead atoms. The predicted octanol–water partition coefficient (Wildman–Crippen LogP) is 5.80. The van der Waals surface area contributed by atoms with Crippen molar-refractivity contribution < 1.29 is 19.1 Å². The van der Waals surface area contributed by atoms with Crippen LogP contribution in [0.1, 0.15) is 11.1 Å². The molecule has 0 aliphatic rings. The minimum absolute atomic E-state index is 0.0418. The zero-order valence-corrected chi connectivity index (χ0v) is 15.3. The number of nitro groups is 1. The molecular weight excluding hydrogens is 346 g/mol. The van der Waals surface area contributed by atoms with Gasteiger partial charge in [-0.2, -0.15) is 0 Å². The van der Waals surface area contributed by atoms with Gasteiger partial charge in [0.05, 0.1) is 12.0 Å². The summed E-state index contributed by atoms with van der Waals surface area (Å²) < 4.78 is 17.2. The Morgan fingerprint density at radius 3 is 2.07 bits per heavy atom. The summed E-state index contributed by atoms with van der Waals surface area (Å²) >= 11 is 0. The van der Waals surface area contributed by atoms with E-state index in [9.17, 15) is 10.1 Å². The van der Waals surface area contributed by atoms with Gasteiger partial charge >= 0.3 is 0 Å². The molecule has 0 saturated heterocycles. The van der Waals surface area contributed by atoms with Gasteiger partial charge < -0.3 is 14.2 Å². The van der Waals surface area contributed by atoms with Crippen molar-refractivity contribution in [1.82, 2.24) is 0 Å². The van der Waals surface area contributed by atoms with Crippen LogP contribution in [0.25, 0.3) is 0 Å². The van der Waals surface area contributed by atoms with Gasteiger partial charge in [0.2, 0.25) is 0 Å². The number of hydrogen-bond donors (Lipinski definition) is 0. The first-order valence-corrected chi connectivity index (χ1v) is 8.32. The van der Waals surface area contributed by atoms with Gasteiger partial charge in [0.25, 0.3) is 5.69 Å². The quantitative estimate of drug-likeness (QED) is 0.407. The third-order valence-electron chi connectivity index (χ3n) is 3.98. The number of rotatable bonds is 6. The normalized spacial score (nSPS) is 10.3. The van der Waals surface area contributed by atoms with Crippen molar-refractivity contribution in [2.75, 3.05) is 7.11 Å². The number of methoxy groups -OCH3 is 1. The molecule has 3 aromatic rings. The molecule has 0 saturated carbocycles. The molecule has 3 rings (SSSR count). The molecule has 0 amide bonds. The van der Waals surface area contributed by atoms with E-state index in [2.05, 4.69) is 0 Å². The molecule has 0 atom stereocenters. The van der Waals surface area contributed by atoms with Gasteiger partial charge in [-0.3, -0.25) is 10.1 Å². The Kier molecular flexibility index (Phi) is 5.26. The molecule has 0 unspecified atom stereocenters. The standard InChI is InChI=1S/C21H19NO5/c1-14-11-16(22(23)24)12-15(2)21(14)27-18-9-10-19(25-3)20(13-18)26-17-7-5-4-6-8-17/h4-13H,1-3H3. The van der Waals surface area contributed by atoms with Gasteiger partial charge in [-0.1, -0.05) is 18.2 Å². The van der Waals surface area contributed by atoms with Crippen LogP contribution >= 0.6 is 0 Å². The maximum absolute atomic E-state index is 11.0. The molecular formula is C21H19NO5. The van der Waals surface area contributed by atoms with E-state index in [4.69, 9.17) is 14.2 Å². The van der Waals surface area contributed by atoms with Gasteiger partial charge in [-0.05, 0) is 49.2 Å². The van der Waals surface area contributed by atoms with Gasteiger partial charge in [0, 0.05) is 18.2 Å². The Balaban J connectivity index is 1.92. The van der Waals surface area contributed by atoms with Crippen LogP contribution < -0.4 is 14.2 Å². The first-order chi connectivity index (χ1) is 13.0. The highest BCUT2D eigenvalue weighted by molar-refractivity contribution is 5.53. The first kappa shape index (κ1) is 18.3. The summed E-state index contributed by atoms with van der Waals surface area (Å²) in [5.74, 6) is 2.88. The highest BCUT2D eigenvalue weighted by atomic mass is 16.6. The highest BCUT2D eigenvalue weighted by Crippen LogP contribution is 2.38. The smallest absolute Gasteiger partial charge is 0.270 e. The average Bonchev–Trinajstić information content (AvgIpc) is 2.65. The zero-order valence-electron chi connectivity index (χ0n) is 15.3. The third-order valence-corrected chi connectivity index (χ3v) is 3.98. The minimum atomic E-state index is -0.414. The van der Waals surface area contributed by atoms with E-state index in [0.717, 1.165) is 0 Å². The summed E-state index contributed by atoms with van der Waals surface area (Å²) in [6.07, 6.45) is 0. The predicted molar refractivity (Wildman–Crippen MR) is 102 cm³/mol. The Morgan fingerprint density at radius 2 is 1.48 bits per heavy atom. The lowest BCUT2D eigenvalue weighted by atomic mass is 10.1. The molecule has 0 aliphatic carbocycles. The number of nitro benzene ring substituents is 1. The number of aryl methyl sites for hydroxylation is 2. The maximum atomic E-state index is 11.0. The topological polar surface area (TPSA) is 70.8 Å². The summed E-state index contributed by atoms with van der Waals surface area (Å²) in [6.45, 7) is 3.56. The maximum Gasteiger partial charge on any atom is 0.270 e. The van der Waals surface area contributed by atoms with Gasteiger partial charge in [-0.25, -0.2) is 0 Å². The molecule has 27 heavy (non-hydrogen) atoms. The van der Waals surface area contributed by atoms with Crippen molar-refractivity contribution in [3.63, 3.8) is 0 Å². The van der Waals surface area contributed by atoms with E-state index in [-0.39, 0.29) is 5.69 Å². The Labute approximate surface area is 157 Å². The molecule has 3 aromatic carbocycles. The second-order valence-electron chi connectivity index (χ2n) is 6.00. The number of nitrogens with zero attached hydrogens (tertiary/aromatic N) is 1. The van der Waals surface area contributed by atoms with Crippen molar-refractivity contribution in [3.8, 4) is 28.7 Å². The highest BCUT2D eigenvalue weighted by Gasteiger charge is 2.15. The van der Waals surface area contributed by atoms with Crippen LogP contribution in [-0.2, 0) is 0 Å². The van der Waals surface area contributed by atoms with Crippen molar-refractivity contribution >= 4 is 5.69 Å². The molecule has 6 heteroatoms. The second kappa shape index (κ2) is 7.78. The lowest BCUT2D eigenvalue weighted by Gasteiger charge is -2.15. The molecule has 0 spiro atoms. The molecule has 0 fully saturated rings. The third kappa shape index (κ3) is 4.17. The fraction of sp³-hybridized carbons (Fsp3) is 0.143. The largest absolute Gasteiger partial charge is 0.493 e. The van der Waals surface area contributed by atoms with Crippen LogP contribution in [0.2, 0.25) is 0 Å². The fourth-order valence-corrected chi connectivity index (χ4v) is 2.73. The van der Waals surface area contributed by atoms with Crippen molar-refractivity contribution in [1.29, 1.82) is 0 Å².